The van der Waals surface area contributed by atoms with Crippen LogP contribution in [-0.4, -0.2) is 13.1 Å². The third kappa shape index (κ3) is 2.02. The highest BCUT2D eigenvalue weighted by Crippen LogP contribution is 2.12. The standard InChI is InChI=1S/C8H8N3O2/c1-9-8(12)11(10-13)7-5-3-2-4-6-7/h2-3,5-6H,1H3,(H,9,12). The number of amides is 2. The molecule has 0 atom stereocenters. The van der Waals surface area contributed by atoms with Gasteiger partial charge >= 0.3 is 6.03 Å². The molecular formula is C8H8N3O2. The Morgan fingerprint density at radius 3 is 2.92 bits per heavy atom. The summed E-state index contributed by atoms with van der Waals surface area (Å²) in [7, 11) is 1.42. The number of carbonyl (C=O) groups excluding carboxylic acids is 1. The fourth-order valence-corrected chi connectivity index (χ4v) is 0.823. The summed E-state index contributed by atoms with van der Waals surface area (Å²) in [5.74, 6) is 0. The molecule has 0 bridgehead atoms. The first-order valence-corrected chi connectivity index (χ1v) is 3.61. The van der Waals surface area contributed by atoms with Gasteiger partial charge in [-0.1, -0.05) is 12.1 Å². The zero-order chi connectivity index (χ0) is 9.68. The van der Waals surface area contributed by atoms with Crippen LogP contribution in [0.4, 0.5) is 10.5 Å². The molecule has 0 aromatic heterocycles. The van der Waals surface area contributed by atoms with Gasteiger partial charge in [0.1, 0.15) is 0 Å². The van der Waals surface area contributed by atoms with Crippen molar-refractivity contribution in [1.82, 2.24) is 5.32 Å². The number of hydrogen-bond donors (Lipinski definition) is 1. The van der Waals surface area contributed by atoms with E-state index in [1.165, 1.54) is 13.1 Å². The van der Waals surface area contributed by atoms with Gasteiger partial charge in [-0.25, -0.2) is 4.79 Å². The maximum absolute atomic E-state index is 11.1. The average Bonchev–Trinajstić information content (AvgIpc) is 2.20. The Balaban J connectivity index is 2.91. The lowest BCUT2D eigenvalue weighted by molar-refractivity contribution is 0.248. The van der Waals surface area contributed by atoms with Gasteiger partial charge in [-0.15, -0.1) is 9.92 Å². The quantitative estimate of drug-likeness (QED) is 0.548. The van der Waals surface area contributed by atoms with E-state index in [1.54, 1.807) is 18.2 Å². The van der Waals surface area contributed by atoms with Crippen LogP contribution in [0.3, 0.4) is 0 Å². The summed E-state index contributed by atoms with van der Waals surface area (Å²) in [6.45, 7) is 0. The lowest BCUT2D eigenvalue weighted by Gasteiger charge is -2.11. The molecule has 1 aromatic rings. The Morgan fingerprint density at radius 2 is 2.46 bits per heavy atom. The van der Waals surface area contributed by atoms with E-state index >= 15 is 0 Å². The maximum Gasteiger partial charge on any atom is 0.344 e. The molecule has 0 aliphatic heterocycles. The van der Waals surface area contributed by atoms with E-state index in [4.69, 9.17) is 0 Å². The molecule has 0 saturated carbocycles. The zero-order valence-corrected chi connectivity index (χ0v) is 7.02. The van der Waals surface area contributed by atoms with E-state index < -0.39 is 6.03 Å². The summed E-state index contributed by atoms with van der Waals surface area (Å²) in [4.78, 5) is 21.4. The number of nitrogens with one attached hydrogen (secondary N) is 1. The van der Waals surface area contributed by atoms with Crippen molar-refractivity contribution in [2.24, 2.45) is 5.29 Å². The highest BCUT2D eigenvalue weighted by molar-refractivity contribution is 5.90. The molecule has 5 nitrogen and oxygen atoms in total. The van der Waals surface area contributed by atoms with E-state index in [2.05, 4.69) is 16.7 Å². The number of benzene rings is 1. The lowest BCUT2D eigenvalue weighted by atomic mass is 10.3. The molecule has 1 N–H and O–H groups in total. The van der Waals surface area contributed by atoms with Gasteiger partial charge in [0.05, 0.1) is 11.0 Å². The Hall–Kier alpha value is -1.91. The van der Waals surface area contributed by atoms with E-state index in [-0.39, 0.29) is 0 Å². The van der Waals surface area contributed by atoms with Crippen LogP contribution in [0.2, 0.25) is 0 Å². The van der Waals surface area contributed by atoms with Crippen molar-refractivity contribution in [1.29, 1.82) is 0 Å². The first kappa shape index (κ1) is 9.18. The van der Waals surface area contributed by atoms with Crippen LogP contribution in [-0.2, 0) is 0 Å². The summed E-state index contributed by atoms with van der Waals surface area (Å²) in [6.07, 6.45) is 0. The highest BCUT2D eigenvalue weighted by Gasteiger charge is 2.13. The third-order valence-electron chi connectivity index (χ3n) is 1.42. The molecule has 0 spiro atoms. The monoisotopic (exact) mass is 178 g/mol. The first-order valence-electron chi connectivity index (χ1n) is 3.61. The van der Waals surface area contributed by atoms with E-state index in [0.717, 1.165) is 5.01 Å². The van der Waals surface area contributed by atoms with Crippen molar-refractivity contribution < 1.29 is 4.79 Å². The predicted molar refractivity (Wildman–Crippen MR) is 48.0 cm³/mol. The number of nitrogens with zero attached hydrogens (tertiary/aromatic N) is 2. The molecule has 0 saturated heterocycles. The number of nitroso groups, excluding NO2 is 1. The lowest BCUT2D eigenvalue weighted by Crippen LogP contribution is -2.33. The molecular weight excluding hydrogens is 170 g/mol. The van der Waals surface area contributed by atoms with Crippen LogP contribution in [0, 0.1) is 11.0 Å². The Labute approximate surface area is 75.3 Å². The third-order valence-corrected chi connectivity index (χ3v) is 1.42. The molecule has 1 radical (unpaired) electrons. The van der Waals surface area contributed by atoms with Crippen molar-refractivity contribution >= 4 is 11.7 Å². The zero-order valence-electron chi connectivity index (χ0n) is 7.02. The molecule has 0 aliphatic rings. The number of carbonyl (C=O) groups is 1. The van der Waals surface area contributed by atoms with Crippen molar-refractivity contribution in [2.75, 3.05) is 12.1 Å². The normalized spacial score (nSPS) is 9.00. The van der Waals surface area contributed by atoms with Gasteiger partial charge in [0.25, 0.3) is 0 Å². The van der Waals surface area contributed by atoms with Gasteiger partial charge in [-0.2, -0.15) is 0 Å². The minimum Gasteiger partial charge on any atom is -0.339 e. The van der Waals surface area contributed by atoms with Gasteiger partial charge in [0, 0.05) is 7.05 Å². The molecule has 1 rings (SSSR count). The molecule has 0 unspecified atom stereocenters. The SMILES string of the molecule is CNC(=O)N(N=O)c1c[c]ccc1. The second-order valence-electron chi connectivity index (χ2n) is 2.21. The smallest absolute Gasteiger partial charge is 0.339 e. The molecule has 67 valence electrons. The predicted octanol–water partition coefficient (Wildman–Crippen LogP) is 1.31. The minimum atomic E-state index is -0.574. The summed E-state index contributed by atoms with van der Waals surface area (Å²) in [5, 5.41) is 5.59. The summed E-state index contributed by atoms with van der Waals surface area (Å²) in [5.41, 5.74) is 0.386. The second-order valence-corrected chi connectivity index (χ2v) is 2.21. The topological polar surface area (TPSA) is 61.8 Å². The molecule has 1 aromatic carbocycles. The molecule has 0 fully saturated rings. The number of urea groups is 1. The van der Waals surface area contributed by atoms with Gasteiger partial charge in [-0.3, -0.25) is 0 Å². The van der Waals surface area contributed by atoms with Crippen LogP contribution < -0.4 is 10.3 Å². The molecule has 5 heteroatoms. The van der Waals surface area contributed by atoms with Crippen molar-refractivity contribution in [3.63, 3.8) is 0 Å². The van der Waals surface area contributed by atoms with Gasteiger partial charge in [-0.05, 0) is 18.2 Å². The number of rotatable bonds is 2. The van der Waals surface area contributed by atoms with Crippen LogP contribution >= 0.6 is 0 Å². The largest absolute Gasteiger partial charge is 0.344 e. The van der Waals surface area contributed by atoms with Gasteiger partial charge < -0.3 is 5.32 Å². The van der Waals surface area contributed by atoms with E-state index in [0.29, 0.717) is 5.69 Å². The molecule has 13 heavy (non-hydrogen) atoms. The Kier molecular flexibility index (Phi) is 2.97. The maximum atomic E-state index is 11.1. The summed E-state index contributed by atoms with van der Waals surface area (Å²) < 4.78 is 0. The minimum absolute atomic E-state index is 0.386. The Morgan fingerprint density at radius 1 is 1.69 bits per heavy atom. The van der Waals surface area contributed by atoms with E-state index in [9.17, 15) is 9.70 Å². The van der Waals surface area contributed by atoms with Crippen LogP contribution in [0.1, 0.15) is 0 Å². The van der Waals surface area contributed by atoms with Crippen LogP contribution in [0.15, 0.2) is 29.6 Å². The van der Waals surface area contributed by atoms with Crippen molar-refractivity contribution in [3.05, 3.63) is 35.2 Å². The fourth-order valence-electron chi connectivity index (χ4n) is 0.823. The average molecular weight is 178 g/mol. The van der Waals surface area contributed by atoms with E-state index in [1.807, 2.05) is 0 Å². The van der Waals surface area contributed by atoms with Crippen LogP contribution in [0.5, 0.6) is 0 Å². The fraction of sp³-hybridized carbons (Fsp3) is 0.125. The first-order chi connectivity index (χ1) is 6.29. The Bertz CT molecular complexity index is 300. The highest BCUT2D eigenvalue weighted by atomic mass is 16.3. The van der Waals surface area contributed by atoms with Crippen LogP contribution in [0.25, 0.3) is 0 Å². The van der Waals surface area contributed by atoms with Crippen molar-refractivity contribution in [3.8, 4) is 0 Å². The summed E-state index contributed by atoms with van der Waals surface area (Å²) >= 11 is 0. The second kappa shape index (κ2) is 4.20. The molecule has 0 heterocycles. The van der Waals surface area contributed by atoms with Gasteiger partial charge in [0.2, 0.25) is 0 Å². The van der Waals surface area contributed by atoms with Gasteiger partial charge in [0.15, 0.2) is 0 Å². The van der Waals surface area contributed by atoms with Crippen molar-refractivity contribution in [2.45, 2.75) is 0 Å². The summed E-state index contributed by atoms with van der Waals surface area (Å²) in [6, 6.07) is 8.57. The molecule has 0 aliphatic carbocycles. The number of anilines is 1. The molecule has 2 amide bonds. The number of hydrogen-bond acceptors (Lipinski definition) is 3.